The number of amides is 1. The van der Waals surface area contributed by atoms with Crippen molar-refractivity contribution in [1.29, 1.82) is 0 Å². The molecule has 168 valence electrons. The molecule has 1 aliphatic carbocycles. The van der Waals surface area contributed by atoms with Crippen molar-refractivity contribution < 1.29 is 9.18 Å². The van der Waals surface area contributed by atoms with Crippen LogP contribution in [0.1, 0.15) is 30.2 Å². The first-order chi connectivity index (χ1) is 16.0. The van der Waals surface area contributed by atoms with Crippen LogP contribution in [0.15, 0.2) is 30.6 Å². The summed E-state index contributed by atoms with van der Waals surface area (Å²) in [5.74, 6) is 7.59. The molecule has 2 atom stereocenters. The quantitative estimate of drug-likeness (QED) is 0.583. The highest BCUT2D eigenvalue weighted by Gasteiger charge is 2.39. The normalized spacial score (nSPS) is 20.0. The van der Waals surface area contributed by atoms with E-state index in [2.05, 4.69) is 49.6 Å². The molecule has 2 fully saturated rings. The Hall–Kier alpha value is -3.64. The number of nitrogens with one attached hydrogen (secondary N) is 2. The van der Waals surface area contributed by atoms with Crippen molar-refractivity contribution in [3.8, 4) is 11.8 Å². The van der Waals surface area contributed by atoms with Crippen LogP contribution in [0.4, 0.5) is 16.0 Å². The zero-order valence-electron chi connectivity index (χ0n) is 18.5. The van der Waals surface area contributed by atoms with Gasteiger partial charge in [0.2, 0.25) is 5.91 Å². The molecule has 2 aliphatic rings. The van der Waals surface area contributed by atoms with E-state index < -0.39 is 6.17 Å². The van der Waals surface area contributed by atoms with Gasteiger partial charge in [-0.25, -0.2) is 14.4 Å². The summed E-state index contributed by atoms with van der Waals surface area (Å²) < 4.78 is 13.0. The van der Waals surface area contributed by atoms with Gasteiger partial charge in [-0.1, -0.05) is 18.9 Å². The number of nitrogens with zero attached hydrogens (tertiary/aromatic N) is 5. The second-order valence-corrected chi connectivity index (χ2v) is 8.66. The molecule has 9 heteroatoms. The minimum Gasteiger partial charge on any atom is -0.371 e. The molecule has 33 heavy (non-hydrogen) atoms. The number of carbonyl (C=O) groups is 1. The molecule has 0 radical (unpaired) electrons. The summed E-state index contributed by atoms with van der Waals surface area (Å²) in [5, 5.41) is 15.0. The van der Waals surface area contributed by atoms with Crippen molar-refractivity contribution in [3.63, 3.8) is 0 Å². The van der Waals surface area contributed by atoms with E-state index in [4.69, 9.17) is 0 Å². The van der Waals surface area contributed by atoms with Gasteiger partial charge in [0.05, 0.1) is 5.56 Å². The molecule has 1 saturated heterocycles. The average Bonchev–Trinajstić information content (AvgIpc) is 3.54. The Bertz CT molecular complexity index is 1260. The fraction of sp³-hybridized carbons (Fsp3) is 0.375. The van der Waals surface area contributed by atoms with Crippen LogP contribution in [0, 0.1) is 23.7 Å². The maximum atomic E-state index is 13.0. The number of alkyl halides is 1. The number of hydrogen-bond donors (Lipinski definition) is 2. The maximum Gasteiger partial charge on any atom is 0.228 e. The number of halogens is 1. The van der Waals surface area contributed by atoms with Crippen LogP contribution in [-0.4, -0.2) is 57.3 Å². The Morgan fingerprint density at radius 3 is 2.70 bits per heavy atom. The van der Waals surface area contributed by atoms with E-state index in [9.17, 15) is 9.18 Å². The van der Waals surface area contributed by atoms with Gasteiger partial charge in [0, 0.05) is 50.4 Å². The van der Waals surface area contributed by atoms with Crippen LogP contribution in [0.5, 0.6) is 0 Å². The summed E-state index contributed by atoms with van der Waals surface area (Å²) in [6.45, 7) is 3.71. The highest BCUT2D eigenvalue weighted by molar-refractivity contribution is 5.97. The van der Waals surface area contributed by atoms with Gasteiger partial charge in [-0.3, -0.25) is 9.69 Å². The number of likely N-dealkylation sites (tertiary alicyclic amines) is 1. The average molecular weight is 446 g/mol. The molecule has 0 aromatic carbocycles. The first-order valence-electron chi connectivity index (χ1n) is 11.0. The third-order valence-corrected chi connectivity index (χ3v) is 6.03. The second-order valence-electron chi connectivity index (χ2n) is 8.66. The molecule has 4 heterocycles. The summed E-state index contributed by atoms with van der Waals surface area (Å²) >= 11 is 0. The number of aromatic nitrogens is 4. The smallest absolute Gasteiger partial charge is 0.228 e. The lowest BCUT2D eigenvalue weighted by Gasteiger charge is -2.34. The van der Waals surface area contributed by atoms with Gasteiger partial charge in [-0.2, -0.15) is 0 Å². The fourth-order valence-electron chi connectivity index (χ4n) is 3.90. The lowest BCUT2D eigenvalue weighted by atomic mass is 10.1. The van der Waals surface area contributed by atoms with Crippen molar-refractivity contribution in [3.05, 3.63) is 47.4 Å². The zero-order chi connectivity index (χ0) is 22.9. The number of carbonyl (C=O) groups excluding carboxylic acids is 1. The first kappa shape index (κ1) is 21.2. The number of fused-ring (bicyclic) bond motifs is 1. The Morgan fingerprint density at radius 1 is 1.21 bits per heavy atom. The lowest BCUT2D eigenvalue weighted by molar-refractivity contribution is -0.117. The number of rotatable bonds is 5. The lowest BCUT2D eigenvalue weighted by Crippen LogP contribution is -2.47. The first-order valence-corrected chi connectivity index (χ1v) is 11.0. The van der Waals surface area contributed by atoms with Crippen molar-refractivity contribution in [2.45, 2.75) is 26.1 Å². The molecule has 1 saturated carbocycles. The van der Waals surface area contributed by atoms with E-state index in [1.54, 1.807) is 25.5 Å². The van der Waals surface area contributed by atoms with Crippen molar-refractivity contribution in [2.75, 3.05) is 30.8 Å². The van der Waals surface area contributed by atoms with Gasteiger partial charge < -0.3 is 10.6 Å². The second kappa shape index (κ2) is 8.71. The van der Waals surface area contributed by atoms with Crippen LogP contribution < -0.4 is 10.6 Å². The van der Waals surface area contributed by atoms with Crippen LogP contribution in [-0.2, 0) is 11.3 Å². The van der Waals surface area contributed by atoms with Gasteiger partial charge in [-0.15, -0.1) is 10.2 Å². The Morgan fingerprint density at radius 2 is 2.03 bits per heavy atom. The van der Waals surface area contributed by atoms with Gasteiger partial charge in [0.1, 0.15) is 17.4 Å². The summed E-state index contributed by atoms with van der Waals surface area (Å²) in [4.78, 5) is 23.2. The minimum absolute atomic E-state index is 0.0313. The van der Waals surface area contributed by atoms with Crippen LogP contribution in [0.2, 0.25) is 0 Å². The summed E-state index contributed by atoms with van der Waals surface area (Å²) in [6.07, 6.45) is 3.63. The highest BCUT2D eigenvalue weighted by atomic mass is 19.1. The van der Waals surface area contributed by atoms with Crippen LogP contribution in [0.3, 0.4) is 0 Å². The Kier molecular flexibility index (Phi) is 5.60. The van der Waals surface area contributed by atoms with Crippen molar-refractivity contribution in [2.24, 2.45) is 11.8 Å². The largest absolute Gasteiger partial charge is 0.371 e. The molecular formula is C24H24FN7O. The molecule has 8 nitrogen and oxygen atoms in total. The molecule has 1 aliphatic heterocycles. The standard InChI is InChI=1S/C24H24FN7O/c1-14-7-19(14)24(33)29-21-8-20-16(10-28-23(26-2)22(20)31-30-21)4-6-18-5-3-15(9-27-18)11-32-12-17(25)13-32/h3,5,8-10,14,17,19H,7,11-13H2,1-2H3,(H,26,28)(H,29,30,33)/t14-,19+/m1/s1. The number of anilines is 2. The Balaban J connectivity index is 1.38. The number of hydrogen-bond acceptors (Lipinski definition) is 7. The monoisotopic (exact) mass is 445 g/mol. The Labute approximate surface area is 191 Å². The summed E-state index contributed by atoms with van der Waals surface area (Å²) in [6, 6.07) is 5.59. The molecular weight excluding hydrogens is 421 g/mol. The van der Waals surface area contributed by atoms with Gasteiger partial charge in [-0.05, 0) is 36.0 Å². The minimum atomic E-state index is -0.711. The van der Waals surface area contributed by atoms with E-state index in [1.165, 1.54) is 0 Å². The molecule has 0 unspecified atom stereocenters. The van der Waals surface area contributed by atoms with Gasteiger partial charge in [0.15, 0.2) is 11.6 Å². The topological polar surface area (TPSA) is 95.9 Å². The van der Waals surface area contributed by atoms with Gasteiger partial charge >= 0.3 is 0 Å². The van der Waals surface area contributed by atoms with E-state index >= 15 is 0 Å². The molecule has 0 spiro atoms. The van der Waals surface area contributed by atoms with E-state index in [0.717, 1.165) is 17.4 Å². The highest BCUT2D eigenvalue weighted by Crippen LogP contribution is 2.38. The van der Waals surface area contributed by atoms with Crippen LogP contribution >= 0.6 is 0 Å². The van der Waals surface area contributed by atoms with Crippen LogP contribution in [0.25, 0.3) is 10.9 Å². The predicted molar refractivity (Wildman–Crippen MR) is 123 cm³/mol. The molecule has 3 aromatic heterocycles. The van der Waals surface area contributed by atoms with Crippen molar-refractivity contribution >= 4 is 28.4 Å². The molecule has 2 N–H and O–H groups in total. The fourth-order valence-corrected chi connectivity index (χ4v) is 3.90. The summed E-state index contributed by atoms with van der Waals surface area (Å²) in [7, 11) is 1.76. The molecule has 0 bridgehead atoms. The van der Waals surface area contributed by atoms with E-state index in [1.807, 2.05) is 17.0 Å². The van der Waals surface area contributed by atoms with E-state index in [-0.39, 0.29) is 11.8 Å². The maximum absolute atomic E-state index is 13.0. The van der Waals surface area contributed by atoms with Crippen molar-refractivity contribution in [1.82, 2.24) is 25.1 Å². The molecule has 1 amide bonds. The number of pyridine rings is 2. The molecule has 3 aromatic rings. The third-order valence-electron chi connectivity index (χ3n) is 6.03. The third kappa shape index (κ3) is 4.61. The summed E-state index contributed by atoms with van der Waals surface area (Å²) in [5.41, 5.74) is 2.88. The SMILES string of the molecule is CNc1ncc(C#Cc2ccc(CN3CC(F)C3)cn2)c2cc(NC(=O)[C@H]3C[C@H]3C)nnc12. The predicted octanol–water partition coefficient (Wildman–Crippen LogP) is 2.61. The van der Waals surface area contributed by atoms with E-state index in [0.29, 0.717) is 54.0 Å². The zero-order valence-corrected chi connectivity index (χ0v) is 18.5. The molecule has 5 rings (SSSR count). The van der Waals surface area contributed by atoms with Gasteiger partial charge in [0.25, 0.3) is 0 Å².